The number of carboxylic acids is 1. The molecule has 0 spiro atoms. The van der Waals surface area contributed by atoms with Crippen LogP contribution in [0.25, 0.3) is 11.3 Å². The third-order valence-corrected chi connectivity index (χ3v) is 4.96. The summed E-state index contributed by atoms with van der Waals surface area (Å²) in [5.74, 6) is -0.555. The van der Waals surface area contributed by atoms with E-state index in [9.17, 15) is 9.90 Å². The fourth-order valence-corrected chi connectivity index (χ4v) is 3.40. The number of piperidine rings is 1. The van der Waals surface area contributed by atoms with E-state index in [-0.39, 0.29) is 17.1 Å². The highest BCUT2D eigenvalue weighted by Gasteiger charge is 2.24. The number of hydrogen-bond acceptors (Lipinski definition) is 5. The average Bonchev–Trinajstić information content (AvgIpc) is 3.01. The first-order chi connectivity index (χ1) is 12.1. The number of carbonyl (C=O) groups is 1. The van der Waals surface area contributed by atoms with Gasteiger partial charge in [0, 0.05) is 23.2 Å². The maximum absolute atomic E-state index is 11.7. The van der Waals surface area contributed by atoms with E-state index in [2.05, 4.69) is 22.4 Å². The summed E-state index contributed by atoms with van der Waals surface area (Å²) in [7, 11) is 2.14. The van der Waals surface area contributed by atoms with Crippen molar-refractivity contribution in [2.24, 2.45) is 0 Å². The van der Waals surface area contributed by atoms with Crippen LogP contribution in [0.4, 0.5) is 5.82 Å². The first-order valence-corrected chi connectivity index (χ1v) is 8.87. The Morgan fingerprint density at radius 1 is 1.40 bits per heavy atom. The minimum absolute atomic E-state index is 0.0549. The first-order valence-electron chi connectivity index (χ1n) is 8.49. The highest BCUT2D eigenvalue weighted by molar-refractivity contribution is 6.30. The molecule has 1 aromatic carbocycles. The van der Waals surface area contributed by atoms with Crippen molar-refractivity contribution in [3.63, 3.8) is 0 Å². The van der Waals surface area contributed by atoms with Crippen molar-refractivity contribution in [1.29, 1.82) is 0 Å². The average molecular weight is 364 g/mol. The number of nitrogens with zero attached hydrogens (tertiary/aromatic N) is 2. The van der Waals surface area contributed by atoms with Crippen LogP contribution in [0.2, 0.25) is 5.02 Å². The highest BCUT2D eigenvalue weighted by atomic mass is 35.5. The summed E-state index contributed by atoms with van der Waals surface area (Å²) in [4.78, 5) is 14.1. The van der Waals surface area contributed by atoms with Gasteiger partial charge in [-0.3, -0.25) is 0 Å². The SMILES string of the molecule is CN1CCCCC1CCNc1noc(-c2ccc(Cl)cc2)c1C(=O)O. The molecule has 1 saturated heterocycles. The lowest BCUT2D eigenvalue weighted by molar-refractivity contribution is 0.0698. The van der Waals surface area contributed by atoms with Gasteiger partial charge in [-0.05, 0) is 57.1 Å². The molecule has 0 aliphatic carbocycles. The van der Waals surface area contributed by atoms with Crippen molar-refractivity contribution in [2.45, 2.75) is 31.7 Å². The highest BCUT2D eigenvalue weighted by Crippen LogP contribution is 2.30. The number of hydrogen-bond donors (Lipinski definition) is 2. The van der Waals surface area contributed by atoms with E-state index < -0.39 is 5.97 Å². The molecule has 1 fully saturated rings. The molecule has 3 rings (SSSR count). The molecule has 7 heteroatoms. The molecular weight excluding hydrogens is 342 g/mol. The number of halogens is 1. The zero-order valence-corrected chi connectivity index (χ0v) is 14.9. The second-order valence-electron chi connectivity index (χ2n) is 6.39. The number of nitrogens with one attached hydrogen (secondary N) is 1. The van der Waals surface area contributed by atoms with E-state index in [0.29, 0.717) is 23.2 Å². The Morgan fingerprint density at radius 2 is 2.16 bits per heavy atom. The first kappa shape index (κ1) is 17.8. The third kappa shape index (κ3) is 4.14. The van der Waals surface area contributed by atoms with Gasteiger partial charge >= 0.3 is 5.97 Å². The molecule has 2 heterocycles. The topological polar surface area (TPSA) is 78.6 Å². The van der Waals surface area contributed by atoms with E-state index in [1.165, 1.54) is 19.3 Å². The minimum atomic E-state index is -1.07. The number of likely N-dealkylation sites (tertiary alicyclic amines) is 1. The molecule has 0 amide bonds. The number of aromatic nitrogens is 1. The van der Waals surface area contributed by atoms with Gasteiger partial charge in [0.05, 0.1) is 0 Å². The molecular formula is C18H22ClN3O3. The molecule has 1 unspecified atom stereocenters. The van der Waals surface area contributed by atoms with Crippen LogP contribution in [-0.2, 0) is 0 Å². The van der Waals surface area contributed by atoms with Crippen molar-refractivity contribution < 1.29 is 14.4 Å². The van der Waals surface area contributed by atoms with Crippen molar-refractivity contribution in [3.8, 4) is 11.3 Å². The molecule has 1 atom stereocenters. The van der Waals surface area contributed by atoms with Crippen molar-refractivity contribution in [3.05, 3.63) is 34.9 Å². The van der Waals surface area contributed by atoms with E-state index in [4.69, 9.17) is 16.1 Å². The standard InChI is InChI=1S/C18H22ClN3O3/c1-22-11-3-2-4-14(22)9-10-20-17-15(18(23)24)16(25-21-17)12-5-7-13(19)8-6-12/h5-8,14H,2-4,9-11H2,1H3,(H,20,21)(H,23,24). The maximum Gasteiger partial charge on any atom is 0.343 e. The van der Waals surface area contributed by atoms with Gasteiger partial charge in [-0.1, -0.05) is 23.2 Å². The summed E-state index contributed by atoms with van der Waals surface area (Å²) in [5.41, 5.74) is 0.689. The second-order valence-corrected chi connectivity index (χ2v) is 6.83. The number of benzene rings is 1. The van der Waals surface area contributed by atoms with Crippen molar-refractivity contribution >= 4 is 23.4 Å². The predicted octanol–water partition coefficient (Wildman–Crippen LogP) is 3.98. The minimum Gasteiger partial charge on any atom is -0.477 e. The van der Waals surface area contributed by atoms with Gasteiger partial charge in [0.25, 0.3) is 0 Å². The molecule has 0 saturated carbocycles. The van der Waals surface area contributed by atoms with E-state index in [1.54, 1.807) is 24.3 Å². The van der Waals surface area contributed by atoms with Gasteiger partial charge < -0.3 is 19.8 Å². The monoisotopic (exact) mass is 363 g/mol. The molecule has 25 heavy (non-hydrogen) atoms. The Hall–Kier alpha value is -2.05. The Kier molecular flexibility index (Phi) is 5.60. The van der Waals surface area contributed by atoms with Gasteiger partial charge in [-0.2, -0.15) is 0 Å². The Labute approximate surface area is 151 Å². The Balaban J connectivity index is 1.71. The third-order valence-electron chi connectivity index (χ3n) is 4.70. The summed E-state index contributed by atoms with van der Waals surface area (Å²) >= 11 is 5.88. The second kappa shape index (κ2) is 7.89. The van der Waals surface area contributed by atoms with Crippen LogP contribution in [0, 0.1) is 0 Å². The summed E-state index contributed by atoms with van der Waals surface area (Å²) in [6.07, 6.45) is 4.62. The van der Waals surface area contributed by atoms with E-state index in [0.717, 1.165) is 13.0 Å². The largest absolute Gasteiger partial charge is 0.477 e. The van der Waals surface area contributed by atoms with Crippen LogP contribution in [0.1, 0.15) is 36.0 Å². The lowest BCUT2D eigenvalue weighted by Crippen LogP contribution is -2.37. The number of carboxylic acid groups (broad SMARTS) is 1. The molecule has 0 radical (unpaired) electrons. The van der Waals surface area contributed by atoms with E-state index >= 15 is 0 Å². The van der Waals surface area contributed by atoms with Gasteiger partial charge in [-0.15, -0.1) is 0 Å². The molecule has 0 bridgehead atoms. The van der Waals surface area contributed by atoms with Gasteiger partial charge in [-0.25, -0.2) is 4.79 Å². The Morgan fingerprint density at radius 3 is 2.84 bits per heavy atom. The van der Waals surface area contributed by atoms with Crippen LogP contribution >= 0.6 is 11.6 Å². The van der Waals surface area contributed by atoms with Crippen LogP contribution < -0.4 is 5.32 Å². The Bertz CT molecular complexity index is 730. The van der Waals surface area contributed by atoms with Crippen LogP contribution in [-0.4, -0.2) is 47.3 Å². The number of anilines is 1. The van der Waals surface area contributed by atoms with Crippen LogP contribution in [0.3, 0.4) is 0 Å². The smallest absolute Gasteiger partial charge is 0.343 e. The summed E-state index contributed by atoms with van der Waals surface area (Å²) in [6.45, 7) is 1.78. The summed E-state index contributed by atoms with van der Waals surface area (Å²) < 4.78 is 5.30. The van der Waals surface area contributed by atoms with Crippen LogP contribution in [0.15, 0.2) is 28.8 Å². The van der Waals surface area contributed by atoms with Gasteiger partial charge in [0.15, 0.2) is 17.1 Å². The summed E-state index contributed by atoms with van der Waals surface area (Å²) in [6, 6.07) is 7.34. The fourth-order valence-electron chi connectivity index (χ4n) is 3.27. The zero-order valence-electron chi connectivity index (χ0n) is 14.2. The van der Waals surface area contributed by atoms with E-state index in [1.807, 2.05) is 0 Å². The van der Waals surface area contributed by atoms with Crippen molar-refractivity contribution in [2.75, 3.05) is 25.5 Å². The zero-order chi connectivity index (χ0) is 17.8. The lowest BCUT2D eigenvalue weighted by atomic mass is 10.0. The molecule has 1 aliphatic heterocycles. The fraction of sp³-hybridized carbons (Fsp3) is 0.444. The quantitative estimate of drug-likeness (QED) is 0.808. The van der Waals surface area contributed by atoms with Gasteiger partial charge in [0.1, 0.15) is 0 Å². The van der Waals surface area contributed by atoms with Gasteiger partial charge in [0.2, 0.25) is 0 Å². The molecule has 2 N–H and O–H groups in total. The lowest BCUT2D eigenvalue weighted by Gasteiger charge is -2.32. The number of rotatable bonds is 6. The molecule has 6 nitrogen and oxygen atoms in total. The summed E-state index contributed by atoms with van der Waals surface area (Å²) in [5, 5.41) is 17.2. The molecule has 1 aliphatic rings. The molecule has 134 valence electrons. The molecule has 2 aromatic rings. The maximum atomic E-state index is 11.7. The number of aromatic carboxylic acids is 1. The van der Waals surface area contributed by atoms with Crippen molar-refractivity contribution in [1.82, 2.24) is 10.1 Å². The molecule has 1 aromatic heterocycles. The van der Waals surface area contributed by atoms with Crippen LogP contribution in [0.5, 0.6) is 0 Å². The predicted molar refractivity (Wildman–Crippen MR) is 97.3 cm³/mol. The normalized spacial score (nSPS) is 18.2.